The van der Waals surface area contributed by atoms with Crippen LogP contribution in [0.15, 0.2) is 54.6 Å². The molecule has 14 heteroatoms. The zero-order valence-electron chi connectivity index (χ0n) is 34.1. The van der Waals surface area contributed by atoms with Crippen LogP contribution in [0.2, 0.25) is 0 Å². The van der Waals surface area contributed by atoms with Crippen molar-refractivity contribution in [2.24, 2.45) is 35.5 Å². The number of ether oxygens (including phenoxy) is 1. The van der Waals surface area contributed by atoms with E-state index in [1.807, 2.05) is 49.6 Å². The molecule has 4 fully saturated rings. The molecule has 8 atom stereocenters. The lowest BCUT2D eigenvalue weighted by Crippen LogP contribution is -2.51. The Morgan fingerprint density at radius 1 is 0.729 bits per heavy atom. The zero-order valence-corrected chi connectivity index (χ0v) is 34.1. The number of methoxy groups -OCH3 is 1. The Bertz CT molecular complexity index is 2720. The average Bonchev–Trinajstić information content (AvgIpc) is 3.87. The summed E-state index contributed by atoms with van der Waals surface area (Å²) in [5, 5.41) is 8.64. The maximum Gasteiger partial charge on any atom is 0.407 e. The van der Waals surface area contributed by atoms with Crippen molar-refractivity contribution in [3.05, 3.63) is 66.2 Å². The Morgan fingerprint density at radius 2 is 1.39 bits per heavy atom. The summed E-state index contributed by atoms with van der Waals surface area (Å²) in [5.74, 6) is 2.45. The highest BCUT2D eigenvalue weighted by molar-refractivity contribution is 6.06. The molecule has 3 aromatic heterocycles. The van der Waals surface area contributed by atoms with Gasteiger partial charge in [-0.05, 0) is 95.7 Å². The van der Waals surface area contributed by atoms with Crippen LogP contribution in [-0.2, 0) is 19.1 Å². The second kappa shape index (κ2) is 13.8. The number of H-pyrrole nitrogens is 2. The van der Waals surface area contributed by atoms with Crippen LogP contribution in [0.5, 0.6) is 0 Å². The molecule has 2 saturated carbocycles. The van der Waals surface area contributed by atoms with Crippen molar-refractivity contribution >= 4 is 67.6 Å². The topological polar surface area (TPSA) is 178 Å². The third-order valence-electron chi connectivity index (χ3n) is 13.2. The van der Waals surface area contributed by atoms with Crippen molar-refractivity contribution in [2.75, 3.05) is 20.2 Å². The van der Waals surface area contributed by atoms with Gasteiger partial charge in [0.1, 0.15) is 23.4 Å². The van der Waals surface area contributed by atoms with Crippen LogP contribution in [0.3, 0.4) is 0 Å². The van der Waals surface area contributed by atoms with E-state index >= 15 is 0 Å². The fourth-order valence-corrected chi connectivity index (χ4v) is 9.98. The van der Waals surface area contributed by atoms with Gasteiger partial charge in [0.25, 0.3) is 0 Å². The number of imidazole rings is 2. The van der Waals surface area contributed by atoms with Crippen LogP contribution in [0, 0.1) is 35.5 Å². The molecule has 3 aromatic carbocycles. The molecule has 0 spiro atoms. The van der Waals surface area contributed by atoms with Crippen molar-refractivity contribution in [2.45, 2.75) is 71.6 Å². The lowest BCUT2D eigenvalue weighted by atomic mass is 10.0. The summed E-state index contributed by atoms with van der Waals surface area (Å²) in [6.45, 7) is 10.5. The monoisotopic (exact) mass is 795 g/mol. The molecule has 304 valence electrons. The molecule has 14 nitrogen and oxygen atoms in total. The van der Waals surface area contributed by atoms with Crippen molar-refractivity contribution in [3.63, 3.8) is 0 Å². The number of carbonyl (C=O) groups is 4. The second-order valence-electron chi connectivity index (χ2n) is 17.8. The Morgan fingerprint density at radius 3 is 2.08 bits per heavy atom. The van der Waals surface area contributed by atoms with E-state index in [2.05, 4.69) is 63.1 Å². The first-order valence-corrected chi connectivity index (χ1v) is 20.8. The molecule has 2 aliphatic carbocycles. The first kappa shape index (κ1) is 37.2. The van der Waals surface area contributed by atoms with E-state index in [1.54, 1.807) is 0 Å². The summed E-state index contributed by atoms with van der Waals surface area (Å²) in [7, 11) is 1.30. The fourth-order valence-electron chi connectivity index (χ4n) is 9.98. The molecule has 4 N–H and O–H groups in total. The zero-order chi connectivity index (χ0) is 41.0. The molecule has 2 saturated heterocycles. The molecule has 5 heterocycles. The standard InChI is InChI=1S/C45H49N9O5/c1-20(2)35(46-22(5)55)43(56)53-18-25-16-29(25)39(53)41-48-33-11-8-23-15-24(7-9-27(23)37(33)50-41)31-12-10-28-32(47-31)13-14-34-38(28)51-42(49-34)40-30-17-26(30)19-54(40)44(57)36(21(3)4)52-45(58)59-6/h7-15,20-21,25-26,29-30,35-36,39-40,47H,16-19H2,1-6H3,(H,46,55)(H,48,50)(H,52,58)/t25?,26?,29?,30?,35-,36-,39?,40?/m0/s1. The van der Waals surface area contributed by atoms with Gasteiger partial charge >= 0.3 is 6.09 Å². The van der Waals surface area contributed by atoms with E-state index in [0.29, 0.717) is 42.6 Å². The van der Waals surface area contributed by atoms with Gasteiger partial charge in [0.05, 0.1) is 35.7 Å². The minimum absolute atomic E-state index is 0.0322. The van der Waals surface area contributed by atoms with E-state index in [1.165, 1.54) is 14.0 Å². The first-order chi connectivity index (χ1) is 28.4. The molecule has 6 unspecified atom stereocenters. The molecular weight excluding hydrogens is 747 g/mol. The van der Waals surface area contributed by atoms with Crippen LogP contribution in [-0.4, -0.2) is 90.8 Å². The number of rotatable bonds is 9. The summed E-state index contributed by atoms with van der Waals surface area (Å²) >= 11 is 0. The number of nitrogens with zero attached hydrogens (tertiary/aromatic N) is 5. The van der Waals surface area contributed by atoms with Crippen LogP contribution in [0.25, 0.3) is 55.0 Å². The third kappa shape index (κ3) is 6.26. The molecule has 4 amide bonds. The smallest absolute Gasteiger partial charge is 0.407 e. The predicted octanol–water partition coefficient (Wildman–Crippen LogP) is 6.39. The molecule has 10 rings (SSSR count). The Labute approximate surface area is 340 Å². The van der Waals surface area contributed by atoms with E-state index in [-0.39, 0.29) is 41.6 Å². The summed E-state index contributed by atoms with van der Waals surface area (Å²) < 4.78 is 4.81. The molecule has 6 aromatic rings. The van der Waals surface area contributed by atoms with Gasteiger partial charge in [-0.3, -0.25) is 14.4 Å². The highest BCUT2D eigenvalue weighted by Crippen LogP contribution is 2.57. The molecule has 0 radical (unpaired) electrons. The maximum atomic E-state index is 13.9. The number of nitrogens with one attached hydrogen (secondary N) is 4. The van der Waals surface area contributed by atoms with Crippen molar-refractivity contribution in [1.82, 2.24) is 45.4 Å². The average molecular weight is 796 g/mol. The number of aromatic nitrogens is 5. The second-order valence-corrected chi connectivity index (χ2v) is 17.8. The Hall–Kier alpha value is -6.05. The van der Waals surface area contributed by atoms with Gasteiger partial charge in [-0.25, -0.2) is 19.7 Å². The summed E-state index contributed by atoms with van der Waals surface area (Å²) in [6.07, 6.45) is 1.49. The van der Waals surface area contributed by atoms with Gasteiger partial charge in [0, 0.05) is 42.0 Å². The van der Waals surface area contributed by atoms with Gasteiger partial charge in [-0.2, -0.15) is 0 Å². The van der Waals surface area contributed by atoms with Gasteiger partial charge in [0.2, 0.25) is 17.7 Å². The number of benzene rings is 3. The third-order valence-corrected chi connectivity index (χ3v) is 13.2. The number of carbonyl (C=O) groups excluding carboxylic acids is 4. The quantitative estimate of drug-likeness (QED) is 0.130. The molecule has 2 aliphatic heterocycles. The SMILES string of the molecule is COC(=O)N[C@H](C(=O)N1CC2CC2C1c1nc2ccc3[nH]c(-c4ccc5c(ccc6[nH]c(C7C8CC8CN7C(=O)[C@@H](NC(C)=O)C(C)C)nc65)c4)ccc3c2n1)C(C)C. The Kier molecular flexibility index (Phi) is 8.69. The number of fused-ring (bicyclic) bond motifs is 8. The van der Waals surface area contributed by atoms with Crippen LogP contribution in [0.4, 0.5) is 4.79 Å². The van der Waals surface area contributed by atoms with Gasteiger partial charge in [-0.15, -0.1) is 0 Å². The van der Waals surface area contributed by atoms with Gasteiger partial charge < -0.3 is 35.1 Å². The van der Waals surface area contributed by atoms with Crippen molar-refractivity contribution in [1.29, 1.82) is 0 Å². The predicted molar refractivity (Wildman–Crippen MR) is 223 cm³/mol. The van der Waals surface area contributed by atoms with Crippen LogP contribution in [0.1, 0.15) is 71.2 Å². The largest absolute Gasteiger partial charge is 0.453 e. The first-order valence-electron chi connectivity index (χ1n) is 20.8. The molecule has 0 bridgehead atoms. The van der Waals surface area contributed by atoms with E-state index in [4.69, 9.17) is 19.7 Å². The summed E-state index contributed by atoms with van der Waals surface area (Å²) in [6, 6.07) is 17.0. The number of pyridine rings is 1. The molecular formula is C45H49N9O5. The summed E-state index contributed by atoms with van der Waals surface area (Å²) in [4.78, 5) is 78.0. The number of piperidine rings is 2. The van der Waals surface area contributed by atoms with Gasteiger partial charge in [-0.1, -0.05) is 45.9 Å². The van der Waals surface area contributed by atoms with E-state index < -0.39 is 18.2 Å². The van der Waals surface area contributed by atoms with Crippen molar-refractivity contribution in [3.8, 4) is 11.3 Å². The number of likely N-dealkylation sites (tertiary alicyclic amines) is 2. The number of aromatic amines is 2. The lowest BCUT2D eigenvalue weighted by molar-refractivity contribution is -0.139. The van der Waals surface area contributed by atoms with Crippen molar-refractivity contribution < 1.29 is 23.9 Å². The minimum Gasteiger partial charge on any atom is -0.453 e. The maximum absolute atomic E-state index is 13.9. The molecule has 59 heavy (non-hydrogen) atoms. The number of hydrogen-bond donors (Lipinski definition) is 4. The number of alkyl carbamates (subject to hydrolysis) is 1. The number of amides is 4. The van der Waals surface area contributed by atoms with Crippen LogP contribution >= 0.6 is 0 Å². The fraction of sp³-hybridized carbons (Fsp3) is 0.444. The minimum atomic E-state index is -0.704. The highest BCUT2D eigenvalue weighted by atomic mass is 16.5. The Balaban J connectivity index is 0.928. The van der Waals surface area contributed by atoms with Crippen LogP contribution < -0.4 is 10.6 Å². The highest BCUT2D eigenvalue weighted by Gasteiger charge is 2.58. The number of hydrogen-bond acceptors (Lipinski definition) is 8. The van der Waals surface area contributed by atoms with E-state index in [0.717, 1.165) is 73.7 Å². The normalized spacial score (nSPS) is 24.2. The molecule has 4 aliphatic rings. The summed E-state index contributed by atoms with van der Waals surface area (Å²) in [5.41, 5.74) is 6.26. The lowest BCUT2D eigenvalue weighted by Gasteiger charge is -2.31. The van der Waals surface area contributed by atoms with Gasteiger partial charge in [0.15, 0.2) is 5.82 Å². The van der Waals surface area contributed by atoms with E-state index in [9.17, 15) is 19.2 Å².